The maximum Gasteiger partial charge on any atom is 0.416 e. The molecule has 0 spiro atoms. The summed E-state index contributed by atoms with van der Waals surface area (Å²) in [5, 5.41) is 1.03. The first-order valence-corrected chi connectivity index (χ1v) is 13.7. The molecule has 42 heavy (non-hydrogen) atoms. The first kappa shape index (κ1) is 29.4. The lowest BCUT2D eigenvalue weighted by Gasteiger charge is -2.33. The molecule has 4 aromatic rings. The second-order valence-electron chi connectivity index (χ2n) is 9.49. The molecule has 0 saturated carbocycles. The average Bonchev–Trinajstić information content (AvgIpc) is 3.37. The van der Waals surface area contributed by atoms with Crippen LogP contribution in [0.2, 0.25) is 10.0 Å². The number of pyridine rings is 1. The lowest BCUT2D eigenvalue weighted by atomic mass is 9.93. The van der Waals surface area contributed by atoms with E-state index in [2.05, 4.69) is 4.98 Å². The molecule has 0 bridgehead atoms. The number of aromatic nitrogens is 1. The van der Waals surface area contributed by atoms with Crippen LogP contribution >= 0.6 is 23.2 Å². The summed E-state index contributed by atoms with van der Waals surface area (Å²) in [4.78, 5) is 26.5. The summed E-state index contributed by atoms with van der Waals surface area (Å²) < 4.78 is 46.7. The number of alkyl halides is 3. The smallest absolute Gasteiger partial charge is 0.416 e. The van der Waals surface area contributed by atoms with Gasteiger partial charge in [-0.2, -0.15) is 13.2 Å². The minimum atomic E-state index is -4.59. The molecule has 1 aromatic heterocycles. The molecular weight excluding hydrogens is 588 g/mol. The fraction of sp³-hybridized carbons (Fsp3) is 0.194. The van der Waals surface area contributed by atoms with Crippen LogP contribution in [0.3, 0.4) is 0 Å². The van der Waals surface area contributed by atoms with Crippen molar-refractivity contribution in [3.63, 3.8) is 0 Å². The molecule has 0 aliphatic carbocycles. The molecule has 0 saturated heterocycles. The Balaban J connectivity index is 1.73. The fourth-order valence-electron chi connectivity index (χ4n) is 4.82. The van der Waals surface area contributed by atoms with Crippen molar-refractivity contribution in [3.05, 3.63) is 123 Å². The molecule has 1 aliphatic heterocycles. The van der Waals surface area contributed by atoms with Gasteiger partial charge in [0.05, 0.1) is 23.8 Å². The van der Waals surface area contributed by atoms with Crippen molar-refractivity contribution >= 4 is 40.9 Å². The number of anilines is 1. The van der Waals surface area contributed by atoms with Gasteiger partial charge in [-0.25, -0.2) is 9.78 Å². The van der Waals surface area contributed by atoms with Gasteiger partial charge in [-0.05, 0) is 72.6 Å². The number of carbonyl (C=O) groups excluding carboxylic acids is 1. The Bertz CT molecular complexity index is 1600. The van der Waals surface area contributed by atoms with Crippen molar-refractivity contribution in [1.29, 1.82) is 0 Å². The van der Waals surface area contributed by atoms with Crippen LogP contribution in [-0.4, -0.2) is 35.4 Å². The van der Waals surface area contributed by atoms with E-state index < -0.39 is 29.9 Å². The van der Waals surface area contributed by atoms with Gasteiger partial charge in [0.15, 0.2) is 0 Å². The van der Waals surface area contributed by atoms with Gasteiger partial charge in [0.1, 0.15) is 23.4 Å². The lowest BCUT2D eigenvalue weighted by molar-refractivity contribution is -0.137. The summed E-state index contributed by atoms with van der Waals surface area (Å²) in [6, 6.07) is 20.6. The standard InChI is InChI=1S/C31H25Cl2F3N4O2/c1-3-42-25-18-21(31(34,35)36)11-16-24(25)29-38-27(19-7-12-22(32)13-8-19)28(20-9-14-23(33)15-10-20)40(29)30(41)39(2)26-6-4-5-17-37-26/h4-18,27-28H,3H2,1-2H3/t27-,28-/m0/s1. The highest BCUT2D eigenvalue weighted by molar-refractivity contribution is 6.30. The van der Waals surface area contributed by atoms with Crippen LogP contribution in [0, 0.1) is 0 Å². The van der Waals surface area contributed by atoms with Crippen LogP contribution < -0.4 is 9.64 Å². The Morgan fingerprint density at radius 3 is 2.17 bits per heavy atom. The number of urea groups is 1. The van der Waals surface area contributed by atoms with Crippen molar-refractivity contribution in [1.82, 2.24) is 9.88 Å². The number of hydrogen-bond acceptors (Lipinski definition) is 4. The van der Waals surface area contributed by atoms with Crippen LogP contribution in [0.25, 0.3) is 0 Å². The van der Waals surface area contributed by atoms with Crippen molar-refractivity contribution < 1.29 is 22.7 Å². The Labute approximate surface area is 251 Å². The topological polar surface area (TPSA) is 58.0 Å². The quantitative estimate of drug-likeness (QED) is 0.219. The van der Waals surface area contributed by atoms with Crippen molar-refractivity contribution in [2.45, 2.75) is 25.2 Å². The third kappa shape index (κ3) is 5.93. The number of ether oxygens (including phenoxy) is 1. The summed E-state index contributed by atoms with van der Waals surface area (Å²) in [7, 11) is 1.58. The normalized spacial score (nSPS) is 16.7. The molecule has 216 valence electrons. The SMILES string of the molecule is CCOc1cc(C(F)(F)F)ccc1C1=N[C@@H](c2ccc(Cl)cc2)[C@H](c2ccc(Cl)cc2)N1C(=O)N(C)c1ccccn1. The third-order valence-electron chi connectivity index (χ3n) is 6.83. The number of rotatable bonds is 6. The second-order valence-corrected chi connectivity index (χ2v) is 10.4. The first-order chi connectivity index (χ1) is 20.1. The largest absolute Gasteiger partial charge is 0.493 e. The summed E-state index contributed by atoms with van der Waals surface area (Å²) in [5.74, 6) is 0.486. The highest BCUT2D eigenvalue weighted by Crippen LogP contribution is 2.46. The van der Waals surface area contributed by atoms with Crippen molar-refractivity contribution in [2.24, 2.45) is 4.99 Å². The minimum Gasteiger partial charge on any atom is -0.493 e. The van der Waals surface area contributed by atoms with Crippen LogP contribution in [0.5, 0.6) is 5.75 Å². The molecule has 0 unspecified atom stereocenters. The number of carbonyl (C=O) groups is 1. The van der Waals surface area contributed by atoms with Gasteiger partial charge >= 0.3 is 12.2 Å². The van der Waals surface area contributed by atoms with Crippen molar-refractivity contribution in [2.75, 3.05) is 18.6 Å². The number of amides is 2. The molecule has 0 N–H and O–H groups in total. The van der Waals surface area contributed by atoms with E-state index in [0.717, 1.165) is 17.7 Å². The van der Waals surface area contributed by atoms with Crippen LogP contribution in [0.4, 0.5) is 23.8 Å². The van der Waals surface area contributed by atoms with E-state index >= 15 is 0 Å². The van der Waals surface area contributed by atoms with E-state index in [1.54, 1.807) is 74.8 Å². The van der Waals surface area contributed by atoms with Gasteiger partial charge in [-0.15, -0.1) is 0 Å². The molecule has 2 amide bonds. The zero-order chi connectivity index (χ0) is 30.0. The van der Waals surface area contributed by atoms with E-state index in [9.17, 15) is 18.0 Å². The minimum absolute atomic E-state index is 0.0454. The summed E-state index contributed by atoms with van der Waals surface area (Å²) in [5.41, 5.74) is 0.826. The van der Waals surface area contributed by atoms with Gasteiger partial charge in [0.25, 0.3) is 0 Å². The van der Waals surface area contributed by atoms with Crippen molar-refractivity contribution in [3.8, 4) is 5.75 Å². The highest BCUT2D eigenvalue weighted by Gasteiger charge is 2.45. The Morgan fingerprint density at radius 1 is 0.952 bits per heavy atom. The zero-order valence-corrected chi connectivity index (χ0v) is 24.0. The molecule has 5 rings (SSSR count). The summed E-state index contributed by atoms with van der Waals surface area (Å²) in [6.07, 6.45) is -3.03. The van der Waals surface area contributed by atoms with Crippen LogP contribution in [0.15, 0.2) is 96.1 Å². The molecule has 0 fully saturated rings. The predicted molar refractivity (Wildman–Crippen MR) is 157 cm³/mol. The Kier molecular flexibility index (Phi) is 8.43. The number of hydrogen-bond donors (Lipinski definition) is 0. The Morgan fingerprint density at radius 2 is 1.60 bits per heavy atom. The number of aliphatic imine (C=N–C) groups is 1. The van der Waals surface area contributed by atoms with E-state index in [1.807, 2.05) is 12.1 Å². The van der Waals surface area contributed by atoms with Gasteiger partial charge < -0.3 is 4.74 Å². The maximum atomic E-state index is 14.4. The molecule has 6 nitrogen and oxygen atoms in total. The second kappa shape index (κ2) is 12.0. The lowest BCUT2D eigenvalue weighted by Crippen LogP contribution is -2.45. The average molecular weight is 613 g/mol. The van der Waals surface area contributed by atoms with Gasteiger partial charge in [0, 0.05) is 23.3 Å². The monoisotopic (exact) mass is 612 g/mol. The molecule has 1 aliphatic rings. The van der Waals surface area contributed by atoms with E-state index in [1.165, 1.54) is 15.9 Å². The number of benzene rings is 3. The van der Waals surface area contributed by atoms with Crippen LogP contribution in [0.1, 0.15) is 41.3 Å². The van der Waals surface area contributed by atoms with E-state index in [-0.39, 0.29) is 23.8 Å². The fourth-order valence-corrected chi connectivity index (χ4v) is 5.08. The Hall–Kier alpha value is -4.08. The number of nitrogens with zero attached hydrogens (tertiary/aromatic N) is 4. The van der Waals surface area contributed by atoms with E-state index in [0.29, 0.717) is 21.4 Å². The van der Waals surface area contributed by atoms with Gasteiger partial charge in [-0.3, -0.25) is 14.8 Å². The molecule has 11 heteroatoms. The van der Waals surface area contributed by atoms with E-state index in [4.69, 9.17) is 32.9 Å². The number of halogens is 5. The molecular formula is C31H25Cl2F3N4O2. The maximum absolute atomic E-state index is 14.4. The van der Waals surface area contributed by atoms with Crippen LogP contribution in [-0.2, 0) is 6.18 Å². The van der Waals surface area contributed by atoms with Gasteiger partial charge in [-0.1, -0.05) is 53.5 Å². The number of amidine groups is 1. The summed E-state index contributed by atoms with van der Waals surface area (Å²) >= 11 is 12.4. The zero-order valence-electron chi connectivity index (χ0n) is 22.5. The highest BCUT2D eigenvalue weighted by atomic mass is 35.5. The van der Waals surface area contributed by atoms with Gasteiger partial charge in [0.2, 0.25) is 0 Å². The summed E-state index contributed by atoms with van der Waals surface area (Å²) in [6.45, 7) is 1.77. The first-order valence-electron chi connectivity index (χ1n) is 13.0. The molecule has 2 atom stereocenters. The molecule has 2 heterocycles. The molecule has 0 radical (unpaired) electrons. The molecule has 3 aromatic carbocycles. The third-order valence-corrected chi connectivity index (χ3v) is 7.33. The predicted octanol–water partition coefficient (Wildman–Crippen LogP) is 8.61.